The van der Waals surface area contributed by atoms with Crippen LogP contribution in [0.1, 0.15) is 12.8 Å². The smallest absolute Gasteiger partial charge is 0.276 e. The molecule has 0 saturated carbocycles. The maximum absolute atomic E-state index is 5.52. The summed E-state index contributed by atoms with van der Waals surface area (Å²) in [6, 6.07) is 0. The molecule has 6 heteroatoms. The van der Waals surface area contributed by atoms with Crippen LogP contribution in [0.4, 0.5) is 0 Å². The molecule has 1 aromatic rings. The van der Waals surface area contributed by atoms with Gasteiger partial charge in [-0.05, 0) is 6.92 Å². The van der Waals surface area contributed by atoms with Crippen molar-refractivity contribution < 1.29 is 9.15 Å². The largest absolute Gasteiger partial charge is 0.416 e. The minimum atomic E-state index is 0.0530. The molecule has 0 saturated heterocycles. The predicted octanol–water partition coefficient (Wildman–Crippen LogP) is 0.834. The second-order valence-electron chi connectivity index (χ2n) is 2.71. The zero-order valence-corrected chi connectivity index (χ0v) is 9.21. The lowest BCUT2D eigenvalue weighted by Crippen LogP contribution is -2.26. The zero-order valence-electron chi connectivity index (χ0n) is 8.40. The quantitative estimate of drug-likeness (QED) is 0.711. The van der Waals surface area contributed by atoms with Crippen molar-refractivity contribution in [2.24, 2.45) is 5.73 Å². The summed E-state index contributed by atoms with van der Waals surface area (Å²) in [6.07, 6.45) is 0.0530. The Morgan fingerprint density at radius 2 is 2.36 bits per heavy atom. The van der Waals surface area contributed by atoms with E-state index in [-0.39, 0.29) is 6.10 Å². The van der Waals surface area contributed by atoms with Gasteiger partial charge < -0.3 is 14.9 Å². The van der Waals surface area contributed by atoms with Gasteiger partial charge >= 0.3 is 0 Å². The van der Waals surface area contributed by atoms with E-state index in [1.165, 1.54) is 11.8 Å². The van der Waals surface area contributed by atoms with Gasteiger partial charge in [0.15, 0.2) is 0 Å². The summed E-state index contributed by atoms with van der Waals surface area (Å²) in [5.74, 6) is 1.32. The first kappa shape index (κ1) is 11.5. The summed E-state index contributed by atoms with van der Waals surface area (Å²) in [5.41, 5.74) is 5.52. The Bertz CT molecular complexity index is 267. The topological polar surface area (TPSA) is 74.2 Å². The molecule has 2 N–H and O–H groups in total. The van der Waals surface area contributed by atoms with Gasteiger partial charge in [-0.15, -0.1) is 10.2 Å². The molecule has 1 unspecified atom stereocenters. The summed E-state index contributed by atoms with van der Waals surface area (Å²) in [7, 11) is 0. The Balaban J connectivity index is 2.31. The molecule has 14 heavy (non-hydrogen) atoms. The summed E-state index contributed by atoms with van der Waals surface area (Å²) in [5, 5.41) is 8.16. The van der Waals surface area contributed by atoms with E-state index < -0.39 is 0 Å². The first-order chi connectivity index (χ1) is 6.76. The average Bonchev–Trinajstić information content (AvgIpc) is 2.59. The van der Waals surface area contributed by atoms with E-state index in [1.54, 1.807) is 6.92 Å². The fraction of sp³-hybridized carbons (Fsp3) is 0.750. The van der Waals surface area contributed by atoms with Crippen LogP contribution >= 0.6 is 11.8 Å². The molecule has 0 bridgehead atoms. The Morgan fingerprint density at radius 3 is 2.86 bits per heavy atom. The average molecular weight is 217 g/mol. The van der Waals surface area contributed by atoms with E-state index >= 15 is 0 Å². The fourth-order valence-electron chi connectivity index (χ4n) is 0.921. The Morgan fingerprint density at radius 1 is 1.57 bits per heavy atom. The SMILES string of the molecule is CCOC(CN)CSc1nnc(C)o1. The maximum atomic E-state index is 5.52. The molecular weight excluding hydrogens is 202 g/mol. The van der Waals surface area contributed by atoms with E-state index in [9.17, 15) is 0 Å². The van der Waals surface area contributed by atoms with Gasteiger partial charge in [0.1, 0.15) is 0 Å². The van der Waals surface area contributed by atoms with Crippen LogP contribution in [0.3, 0.4) is 0 Å². The van der Waals surface area contributed by atoms with Crippen molar-refractivity contribution in [1.29, 1.82) is 0 Å². The second-order valence-corrected chi connectivity index (χ2v) is 3.68. The Kier molecular flexibility index (Phi) is 4.92. The lowest BCUT2D eigenvalue weighted by atomic mass is 10.4. The summed E-state index contributed by atoms with van der Waals surface area (Å²) < 4.78 is 10.6. The summed E-state index contributed by atoms with van der Waals surface area (Å²) in [6.45, 7) is 4.89. The van der Waals surface area contributed by atoms with Crippen LogP contribution in [0.5, 0.6) is 0 Å². The van der Waals surface area contributed by atoms with Crippen molar-refractivity contribution in [2.75, 3.05) is 18.9 Å². The molecule has 1 atom stereocenters. The molecule has 0 fully saturated rings. The lowest BCUT2D eigenvalue weighted by Gasteiger charge is -2.12. The van der Waals surface area contributed by atoms with Gasteiger partial charge in [0.2, 0.25) is 5.89 Å². The van der Waals surface area contributed by atoms with Gasteiger partial charge in [0.05, 0.1) is 6.10 Å². The van der Waals surface area contributed by atoms with Crippen molar-refractivity contribution in [3.8, 4) is 0 Å². The van der Waals surface area contributed by atoms with Crippen LogP contribution in [0.25, 0.3) is 0 Å². The highest BCUT2D eigenvalue weighted by Crippen LogP contribution is 2.17. The van der Waals surface area contributed by atoms with Gasteiger partial charge in [0.25, 0.3) is 5.22 Å². The number of thioether (sulfide) groups is 1. The molecule has 0 aliphatic rings. The van der Waals surface area contributed by atoms with E-state index in [1.807, 2.05) is 6.92 Å². The lowest BCUT2D eigenvalue weighted by molar-refractivity contribution is 0.0857. The molecule has 80 valence electrons. The fourth-order valence-corrected chi connectivity index (χ4v) is 1.76. The van der Waals surface area contributed by atoms with Crippen LogP contribution in [0.2, 0.25) is 0 Å². The molecule has 0 aliphatic heterocycles. The first-order valence-electron chi connectivity index (χ1n) is 4.50. The predicted molar refractivity (Wildman–Crippen MR) is 54.2 cm³/mol. The number of nitrogens with zero attached hydrogens (tertiary/aromatic N) is 2. The monoisotopic (exact) mass is 217 g/mol. The zero-order chi connectivity index (χ0) is 10.4. The van der Waals surface area contributed by atoms with Crippen molar-refractivity contribution >= 4 is 11.8 Å². The van der Waals surface area contributed by atoms with Crippen molar-refractivity contribution in [2.45, 2.75) is 25.2 Å². The highest BCUT2D eigenvalue weighted by Gasteiger charge is 2.09. The van der Waals surface area contributed by atoms with Crippen molar-refractivity contribution in [3.05, 3.63) is 5.89 Å². The van der Waals surface area contributed by atoms with Gasteiger partial charge in [-0.25, -0.2) is 0 Å². The standard InChI is InChI=1S/C8H15N3O2S/c1-3-12-7(4-9)5-14-8-11-10-6(2)13-8/h7H,3-5,9H2,1-2H3. The van der Waals surface area contributed by atoms with E-state index in [4.69, 9.17) is 14.9 Å². The van der Waals surface area contributed by atoms with Gasteiger partial charge in [0, 0.05) is 25.8 Å². The molecule has 1 heterocycles. The van der Waals surface area contributed by atoms with Crippen LogP contribution < -0.4 is 5.73 Å². The minimum Gasteiger partial charge on any atom is -0.416 e. The number of hydrogen-bond donors (Lipinski definition) is 1. The van der Waals surface area contributed by atoms with Gasteiger partial charge in [-0.1, -0.05) is 11.8 Å². The van der Waals surface area contributed by atoms with Crippen molar-refractivity contribution in [3.63, 3.8) is 0 Å². The molecule has 0 aromatic carbocycles. The van der Waals surface area contributed by atoms with Crippen LogP contribution in [0, 0.1) is 6.92 Å². The number of aryl methyl sites for hydroxylation is 1. The molecule has 0 radical (unpaired) electrons. The first-order valence-corrected chi connectivity index (χ1v) is 5.49. The number of rotatable bonds is 6. The van der Waals surface area contributed by atoms with Gasteiger partial charge in [-0.2, -0.15) is 0 Å². The van der Waals surface area contributed by atoms with E-state index in [0.29, 0.717) is 24.3 Å². The molecule has 1 rings (SSSR count). The summed E-state index contributed by atoms with van der Waals surface area (Å²) in [4.78, 5) is 0. The van der Waals surface area contributed by atoms with E-state index in [2.05, 4.69) is 10.2 Å². The third kappa shape index (κ3) is 3.65. The van der Waals surface area contributed by atoms with Crippen LogP contribution in [-0.2, 0) is 4.74 Å². The second kappa shape index (κ2) is 6.00. The maximum Gasteiger partial charge on any atom is 0.276 e. The molecule has 0 aliphatic carbocycles. The van der Waals surface area contributed by atoms with Gasteiger partial charge in [-0.3, -0.25) is 0 Å². The molecule has 0 spiro atoms. The normalized spacial score (nSPS) is 13.1. The van der Waals surface area contributed by atoms with Crippen molar-refractivity contribution in [1.82, 2.24) is 10.2 Å². The van der Waals surface area contributed by atoms with Crippen LogP contribution in [0.15, 0.2) is 9.64 Å². The number of ether oxygens (including phenoxy) is 1. The third-order valence-corrected chi connectivity index (χ3v) is 2.52. The molecule has 1 aromatic heterocycles. The number of hydrogen-bond acceptors (Lipinski definition) is 6. The molecule has 0 amide bonds. The number of nitrogens with two attached hydrogens (primary N) is 1. The summed E-state index contributed by atoms with van der Waals surface area (Å²) >= 11 is 1.47. The van der Waals surface area contributed by atoms with Crippen LogP contribution in [-0.4, -0.2) is 35.2 Å². The number of aromatic nitrogens is 2. The highest BCUT2D eigenvalue weighted by atomic mass is 32.2. The minimum absolute atomic E-state index is 0.0530. The van der Waals surface area contributed by atoms with E-state index in [0.717, 1.165) is 5.75 Å². The molecular formula is C8H15N3O2S. The highest BCUT2D eigenvalue weighted by molar-refractivity contribution is 7.99. The Labute approximate surface area is 87.4 Å². The third-order valence-electron chi connectivity index (χ3n) is 1.57. The Hall–Kier alpha value is -0.590. The molecule has 5 nitrogen and oxygen atoms in total.